The van der Waals surface area contributed by atoms with Crippen LogP contribution in [0.1, 0.15) is 31.8 Å². The van der Waals surface area contributed by atoms with E-state index >= 15 is 0 Å². The zero-order valence-electron chi connectivity index (χ0n) is 16.4. The fourth-order valence-corrected chi connectivity index (χ4v) is 3.00. The third-order valence-electron chi connectivity index (χ3n) is 4.51. The molecule has 3 aromatic rings. The van der Waals surface area contributed by atoms with E-state index < -0.39 is 12.6 Å². The molecule has 1 amide bonds. The van der Waals surface area contributed by atoms with Gasteiger partial charge in [-0.3, -0.25) is 9.59 Å². The second kappa shape index (κ2) is 9.85. The van der Waals surface area contributed by atoms with Gasteiger partial charge in [-0.05, 0) is 35.9 Å². The number of hydrogen-bond donors (Lipinski definition) is 0. The Bertz CT molecular complexity index is 1050. The Labute approximate surface area is 179 Å². The Balaban J connectivity index is 1.66. The number of likely N-dealkylation sites (N-methyl/N-ethyl adjacent to an activating group) is 1. The first-order valence-electron chi connectivity index (χ1n) is 9.30. The molecule has 0 aliphatic heterocycles. The fourth-order valence-electron chi connectivity index (χ4n) is 2.88. The van der Waals surface area contributed by atoms with E-state index in [4.69, 9.17) is 16.3 Å². The van der Waals surface area contributed by atoms with Gasteiger partial charge in [-0.2, -0.15) is 0 Å². The van der Waals surface area contributed by atoms with Crippen molar-refractivity contribution in [3.8, 4) is 0 Å². The number of halogens is 1. The second-order valence-corrected chi connectivity index (χ2v) is 7.13. The van der Waals surface area contributed by atoms with Crippen LogP contribution in [-0.2, 0) is 16.1 Å². The summed E-state index contributed by atoms with van der Waals surface area (Å²) in [6.07, 6.45) is 0. The van der Waals surface area contributed by atoms with Gasteiger partial charge >= 0.3 is 5.97 Å². The van der Waals surface area contributed by atoms with E-state index in [9.17, 15) is 14.4 Å². The maximum Gasteiger partial charge on any atom is 0.339 e. The largest absolute Gasteiger partial charge is 0.452 e. The van der Waals surface area contributed by atoms with Crippen LogP contribution < -0.4 is 0 Å². The smallest absolute Gasteiger partial charge is 0.339 e. The lowest BCUT2D eigenvalue weighted by atomic mass is 9.98. The van der Waals surface area contributed by atoms with Crippen molar-refractivity contribution in [2.24, 2.45) is 0 Å². The van der Waals surface area contributed by atoms with E-state index in [0.717, 1.165) is 5.56 Å². The van der Waals surface area contributed by atoms with Crippen LogP contribution in [0.4, 0.5) is 0 Å². The molecule has 30 heavy (non-hydrogen) atoms. The van der Waals surface area contributed by atoms with Crippen LogP contribution in [0.15, 0.2) is 78.9 Å². The number of carbonyl (C=O) groups excluding carboxylic acids is 3. The lowest BCUT2D eigenvalue weighted by molar-refractivity contribution is -0.133. The molecule has 0 saturated carbocycles. The average Bonchev–Trinajstić information content (AvgIpc) is 2.78. The van der Waals surface area contributed by atoms with Gasteiger partial charge in [0.25, 0.3) is 5.91 Å². The Morgan fingerprint density at radius 3 is 2.10 bits per heavy atom. The van der Waals surface area contributed by atoms with Crippen LogP contribution in [0.25, 0.3) is 0 Å². The highest BCUT2D eigenvalue weighted by Crippen LogP contribution is 2.18. The molecule has 6 heteroatoms. The van der Waals surface area contributed by atoms with Crippen LogP contribution in [0.2, 0.25) is 5.02 Å². The predicted octanol–water partition coefficient (Wildman–Crippen LogP) is 4.39. The topological polar surface area (TPSA) is 63.7 Å². The second-order valence-electron chi connectivity index (χ2n) is 6.69. The average molecular weight is 422 g/mol. The molecule has 152 valence electrons. The van der Waals surface area contributed by atoms with E-state index in [1.165, 1.54) is 11.0 Å². The molecule has 0 fully saturated rings. The number of esters is 1. The molecule has 0 N–H and O–H groups in total. The van der Waals surface area contributed by atoms with Gasteiger partial charge in [0.2, 0.25) is 0 Å². The number of ketones is 1. The van der Waals surface area contributed by atoms with Crippen molar-refractivity contribution in [1.29, 1.82) is 0 Å². The van der Waals surface area contributed by atoms with Crippen LogP contribution in [-0.4, -0.2) is 36.2 Å². The molecule has 3 aromatic carbocycles. The van der Waals surface area contributed by atoms with E-state index in [0.29, 0.717) is 17.1 Å². The Kier molecular flexibility index (Phi) is 6.99. The minimum Gasteiger partial charge on any atom is -0.452 e. The van der Waals surface area contributed by atoms with Crippen LogP contribution in [0, 0.1) is 0 Å². The van der Waals surface area contributed by atoms with Crippen molar-refractivity contribution in [3.63, 3.8) is 0 Å². The molecule has 3 rings (SSSR count). The Morgan fingerprint density at radius 2 is 1.43 bits per heavy atom. The van der Waals surface area contributed by atoms with Gasteiger partial charge in [0.05, 0.1) is 5.56 Å². The SMILES string of the molecule is CN(Cc1ccccc1)C(=O)COC(=O)c1ccccc1C(=O)c1ccc(Cl)cc1. The minimum absolute atomic E-state index is 0.107. The molecule has 0 aromatic heterocycles. The Hall–Kier alpha value is -3.44. The molecule has 0 atom stereocenters. The van der Waals surface area contributed by atoms with Crippen molar-refractivity contribution in [1.82, 2.24) is 4.90 Å². The molecule has 0 bridgehead atoms. The number of rotatable bonds is 7. The summed E-state index contributed by atoms with van der Waals surface area (Å²) < 4.78 is 5.19. The molecule has 0 saturated heterocycles. The zero-order valence-corrected chi connectivity index (χ0v) is 17.1. The summed E-state index contributed by atoms with van der Waals surface area (Å²) in [5, 5.41) is 0.511. The molecule has 0 unspecified atom stereocenters. The molecular weight excluding hydrogens is 402 g/mol. The van der Waals surface area contributed by atoms with Crippen molar-refractivity contribution in [2.45, 2.75) is 6.54 Å². The first-order valence-corrected chi connectivity index (χ1v) is 9.68. The van der Waals surface area contributed by atoms with Crippen molar-refractivity contribution in [2.75, 3.05) is 13.7 Å². The van der Waals surface area contributed by atoms with Gasteiger partial charge in [-0.15, -0.1) is 0 Å². The number of ether oxygens (including phenoxy) is 1. The number of hydrogen-bond acceptors (Lipinski definition) is 4. The number of nitrogens with zero attached hydrogens (tertiary/aromatic N) is 1. The summed E-state index contributed by atoms with van der Waals surface area (Å²) in [4.78, 5) is 39.2. The normalized spacial score (nSPS) is 10.3. The number of amides is 1. The highest BCUT2D eigenvalue weighted by molar-refractivity contribution is 6.30. The van der Waals surface area contributed by atoms with Crippen LogP contribution in [0.3, 0.4) is 0 Å². The quantitative estimate of drug-likeness (QED) is 0.419. The number of benzene rings is 3. The monoisotopic (exact) mass is 421 g/mol. The first-order chi connectivity index (χ1) is 14.5. The van der Waals surface area contributed by atoms with E-state index in [1.54, 1.807) is 49.5 Å². The van der Waals surface area contributed by atoms with Gasteiger partial charge in [0.1, 0.15) is 0 Å². The molecule has 0 aliphatic rings. The summed E-state index contributed by atoms with van der Waals surface area (Å²) in [6, 6.07) is 22.3. The van der Waals surface area contributed by atoms with Crippen molar-refractivity contribution < 1.29 is 19.1 Å². The third-order valence-corrected chi connectivity index (χ3v) is 4.77. The lowest BCUT2D eigenvalue weighted by Gasteiger charge is -2.17. The molecule has 0 aliphatic carbocycles. The molecule has 0 spiro atoms. The van der Waals surface area contributed by atoms with E-state index in [1.807, 2.05) is 30.3 Å². The number of carbonyl (C=O) groups is 3. The van der Waals surface area contributed by atoms with Gasteiger partial charge in [-0.1, -0.05) is 60.1 Å². The molecular formula is C24H20ClNO4. The maximum absolute atomic E-state index is 12.8. The van der Waals surface area contributed by atoms with Gasteiger partial charge in [-0.25, -0.2) is 4.79 Å². The molecule has 0 heterocycles. The predicted molar refractivity (Wildman–Crippen MR) is 115 cm³/mol. The van der Waals surface area contributed by atoms with E-state index in [2.05, 4.69) is 0 Å². The van der Waals surface area contributed by atoms with E-state index in [-0.39, 0.29) is 22.8 Å². The highest BCUT2D eigenvalue weighted by Gasteiger charge is 2.20. The molecule has 5 nitrogen and oxygen atoms in total. The first kappa shape index (κ1) is 21.3. The summed E-state index contributed by atoms with van der Waals surface area (Å²) in [5.41, 5.74) is 1.68. The van der Waals surface area contributed by atoms with Crippen molar-refractivity contribution in [3.05, 3.63) is 106 Å². The van der Waals surface area contributed by atoms with Gasteiger partial charge in [0.15, 0.2) is 12.4 Å². The van der Waals surface area contributed by atoms with Crippen LogP contribution >= 0.6 is 11.6 Å². The Morgan fingerprint density at radius 1 is 0.833 bits per heavy atom. The lowest BCUT2D eigenvalue weighted by Crippen LogP contribution is -2.31. The minimum atomic E-state index is -0.727. The summed E-state index contributed by atoms with van der Waals surface area (Å²) in [7, 11) is 1.64. The standard InChI is InChI=1S/C24H20ClNO4/c1-26(15-17-7-3-2-4-8-17)22(27)16-30-24(29)21-10-6-5-9-20(21)23(28)18-11-13-19(25)14-12-18/h2-14H,15-16H2,1H3. The van der Waals surface area contributed by atoms with Gasteiger partial charge < -0.3 is 9.64 Å². The van der Waals surface area contributed by atoms with Gasteiger partial charge in [0, 0.05) is 29.7 Å². The third kappa shape index (κ3) is 5.33. The van der Waals surface area contributed by atoms with Crippen LogP contribution in [0.5, 0.6) is 0 Å². The summed E-state index contributed by atoms with van der Waals surface area (Å²) in [6.45, 7) is -0.00546. The zero-order chi connectivity index (χ0) is 21.5. The summed E-state index contributed by atoms with van der Waals surface area (Å²) >= 11 is 5.87. The summed E-state index contributed by atoms with van der Waals surface area (Å²) in [5.74, 6) is -1.39. The molecule has 0 radical (unpaired) electrons. The van der Waals surface area contributed by atoms with Crippen molar-refractivity contribution >= 4 is 29.3 Å². The fraction of sp³-hybridized carbons (Fsp3) is 0.125. The maximum atomic E-state index is 12.8. The highest BCUT2D eigenvalue weighted by atomic mass is 35.5.